The second-order valence-corrected chi connectivity index (χ2v) is 4.91. The Balaban J connectivity index is 2.06. The normalized spacial score (nSPS) is 17.1. The number of fused-ring (bicyclic) bond motifs is 1. The van der Waals surface area contributed by atoms with E-state index in [1.54, 1.807) is 12.1 Å². The van der Waals surface area contributed by atoms with Gasteiger partial charge in [0.25, 0.3) is 0 Å². The largest absolute Gasteiger partial charge is 0.480 e. The molecule has 19 heavy (non-hydrogen) atoms. The monoisotopic (exact) mass is 260 g/mol. The minimum Gasteiger partial charge on any atom is -0.480 e. The van der Waals surface area contributed by atoms with Crippen LogP contribution in [-0.4, -0.2) is 26.8 Å². The van der Waals surface area contributed by atoms with Crippen molar-refractivity contribution in [3.63, 3.8) is 0 Å². The summed E-state index contributed by atoms with van der Waals surface area (Å²) in [6.45, 7) is 0. The second kappa shape index (κ2) is 3.81. The van der Waals surface area contributed by atoms with Crippen molar-refractivity contribution in [2.24, 2.45) is 5.41 Å². The van der Waals surface area contributed by atoms with Crippen molar-refractivity contribution in [3.05, 3.63) is 34.2 Å². The summed E-state index contributed by atoms with van der Waals surface area (Å²) in [4.78, 5) is 39.9. The summed E-state index contributed by atoms with van der Waals surface area (Å²) in [6.07, 6.45) is 1.51. The molecule has 0 saturated heterocycles. The van der Waals surface area contributed by atoms with Gasteiger partial charge >= 0.3 is 11.7 Å². The van der Waals surface area contributed by atoms with E-state index in [9.17, 15) is 19.5 Å². The smallest absolute Gasteiger partial charge is 0.323 e. The molecule has 0 radical (unpaired) electrons. The van der Waals surface area contributed by atoms with E-state index in [1.165, 1.54) is 6.07 Å². The number of ketones is 1. The van der Waals surface area contributed by atoms with Gasteiger partial charge in [-0.3, -0.25) is 9.59 Å². The number of carboxylic acids is 1. The SMILES string of the molecule is O=C(O)C1(C(=O)c2ccc3[nH]c(=O)[nH]c3c2)CCC1. The molecule has 1 aliphatic carbocycles. The molecule has 6 nitrogen and oxygen atoms in total. The third kappa shape index (κ3) is 1.60. The zero-order valence-electron chi connectivity index (χ0n) is 10.0. The summed E-state index contributed by atoms with van der Waals surface area (Å²) in [5, 5.41) is 9.25. The third-order valence-corrected chi connectivity index (χ3v) is 3.83. The molecule has 2 aromatic rings. The maximum Gasteiger partial charge on any atom is 0.323 e. The van der Waals surface area contributed by atoms with Crippen molar-refractivity contribution >= 4 is 22.8 Å². The lowest BCUT2D eigenvalue weighted by molar-refractivity contribution is -0.150. The van der Waals surface area contributed by atoms with Gasteiger partial charge < -0.3 is 15.1 Å². The number of H-pyrrole nitrogens is 2. The Hall–Kier alpha value is -2.37. The highest BCUT2D eigenvalue weighted by atomic mass is 16.4. The molecular formula is C13H12N2O4. The van der Waals surface area contributed by atoms with Crippen LogP contribution in [0.15, 0.2) is 23.0 Å². The number of aromatic nitrogens is 2. The van der Waals surface area contributed by atoms with Crippen LogP contribution in [0.4, 0.5) is 0 Å². The number of imidazole rings is 1. The van der Waals surface area contributed by atoms with Crippen LogP contribution in [0.5, 0.6) is 0 Å². The van der Waals surface area contributed by atoms with Crippen LogP contribution in [0.3, 0.4) is 0 Å². The van der Waals surface area contributed by atoms with Crippen LogP contribution in [0.2, 0.25) is 0 Å². The number of carbonyl (C=O) groups excluding carboxylic acids is 1. The quantitative estimate of drug-likeness (QED) is 0.571. The summed E-state index contributed by atoms with van der Waals surface area (Å²) in [5.74, 6) is -1.44. The van der Waals surface area contributed by atoms with E-state index in [4.69, 9.17) is 0 Å². The van der Waals surface area contributed by atoms with Gasteiger partial charge in [0.2, 0.25) is 0 Å². The average Bonchev–Trinajstić information content (AvgIpc) is 2.65. The lowest BCUT2D eigenvalue weighted by Gasteiger charge is -2.35. The lowest BCUT2D eigenvalue weighted by atomic mass is 9.64. The molecule has 0 bridgehead atoms. The van der Waals surface area contributed by atoms with Crippen molar-refractivity contribution in [1.29, 1.82) is 0 Å². The topological polar surface area (TPSA) is 103 Å². The first-order valence-corrected chi connectivity index (χ1v) is 6.03. The number of hydrogen-bond acceptors (Lipinski definition) is 3. The van der Waals surface area contributed by atoms with E-state index >= 15 is 0 Å². The fourth-order valence-electron chi connectivity index (χ4n) is 2.52. The first-order valence-electron chi connectivity index (χ1n) is 6.03. The summed E-state index contributed by atoms with van der Waals surface area (Å²) >= 11 is 0. The molecular weight excluding hydrogens is 248 g/mol. The van der Waals surface area contributed by atoms with Crippen molar-refractivity contribution in [2.75, 3.05) is 0 Å². The van der Waals surface area contributed by atoms with Crippen molar-refractivity contribution < 1.29 is 14.7 Å². The van der Waals surface area contributed by atoms with Crippen LogP contribution in [-0.2, 0) is 4.79 Å². The first-order chi connectivity index (χ1) is 9.03. The van der Waals surface area contributed by atoms with Crippen molar-refractivity contribution in [3.8, 4) is 0 Å². The number of rotatable bonds is 3. The molecule has 0 spiro atoms. The van der Waals surface area contributed by atoms with Crippen molar-refractivity contribution in [1.82, 2.24) is 9.97 Å². The molecule has 3 rings (SSSR count). The molecule has 0 aliphatic heterocycles. The highest BCUT2D eigenvalue weighted by Crippen LogP contribution is 2.44. The molecule has 0 amide bonds. The van der Waals surface area contributed by atoms with E-state index < -0.39 is 11.4 Å². The van der Waals surface area contributed by atoms with Crippen LogP contribution in [0, 0.1) is 5.41 Å². The lowest BCUT2D eigenvalue weighted by Crippen LogP contribution is -2.45. The van der Waals surface area contributed by atoms with Crippen LogP contribution in [0.1, 0.15) is 29.6 Å². The standard InChI is InChI=1S/C13H12N2O4/c16-10(13(11(17)18)4-1-5-13)7-2-3-8-9(6-7)15-12(19)14-8/h2-3,6H,1,4-5H2,(H,17,18)(H2,14,15,19). The van der Waals surface area contributed by atoms with Gasteiger partial charge in [-0.15, -0.1) is 0 Å². The Bertz CT molecular complexity index is 736. The zero-order valence-corrected chi connectivity index (χ0v) is 10.0. The molecule has 1 aromatic carbocycles. The Kier molecular flexibility index (Phi) is 2.35. The molecule has 1 aliphatic rings. The van der Waals surface area contributed by atoms with E-state index in [0.29, 0.717) is 29.4 Å². The minimum atomic E-state index is -1.27. The highest BCUT2D eigenvalue weighted by molar-refractivity contribution is 6.13. The fraction of sp³-hybridized carbons (Fsp3) is 0.308. The van der Waals surface area contributed by atoms with Gasteiger partial charge in [0, 0.05) is 5.56 Å². The molecule has 1 saturated carbocycles. The molecule has 6 heteroatoms. The summed E-state index contributed by atoms with van der Waals surface area (Å²) < 4.78 is 0. The molecule has 3 N–H and O–H groups in total. The van der Waals surface area contributed by atoms with Gasteiger partial charge in [0.1, 0.15) is 5.41 Å². The fourth-order valence-corrected chi connectivity index (χ4v) is 2.52. The first kappa shape index (κ1) is 11.7. The zero-order chi connectivity index (χ0) is 13.6. The number of nitrogens with one attached hydrogen (secondary N) is 2. The number of carbonyl (C=O) groups is 2. The van der Waals surface area contributed by atoms with E-state index in [0.717, 1.165) is 6.42 Å². The molecule has 1 heterocycles. The number of aliphatic carboxylic acids is 1. The van der Waals surface area contributed by atoms with Crippen LogP contribution in [0.25, 0.3) is 11.0 Å². The predicted molar refractivity (Wildman–Crippen MR) is 67.2 cm³/mol. The van der Waals surface area contributed by atoms with Crippen LogP contribution >= 0.6 is 0 Å². The second-order valence-electron chi connectivity index (χ2n) is 4.91. The van der Waals surface area contributed by atoms with E-state index in [-0.39, 0.29) is 11.5 Å². The Morgan fingerprint density at radius 3 is 2.42 bits per heavy atom. The number of Topliss-reactive ketones (excluding diaryl/α,β-unsaturated/α-hetero) is 1. The molecule has 1 aromatic heterocycles. The molecule has 0 unspecified atom stereocenters. The Morgan fingerprint density at radius 1 is 1.16 bits per heavy atom. The van der Waals surface area contributed by atoms with Crippen molar-refractivity contribution in [2.45, 2.75) is 19.3 Å². The maximum atomic E-state index is 12.4. The average molecular weight is 260 g/mol. The maximum absolute atomic E-state index is 12.4. The van der Waals surface area contributed by atoms with Gasteiger partial charge in [-0.25, -0.2) is 4.79 Å². The highest BCUT2D eigenvalue weighted by Gasteiger charge is 2.51. The van der Waals surface area contributed by atoms with Crippen LogP contribution < -0.4 is 5.69 Å². The van der Waals surface area contributed by atoms with Gasteiger partial charge in [-0.05, 0) is 31.0 Å². The number of hydrogen-bond donors (Lipinski definition) is 3. The predicted octanol–water partition coefficient (Wildman–Crippen LogP) is 1.29. The van der Waals surface area contributed by atoms with E-state index in [2.05, 4.69) is 9.97 Å². The number of benzene rings is 1. The summed E-state index contributed by atoms with van der Waals surface area (Å²) in [6, 6.07) is 4.69. The summed E-state index contributed by atoms with van der Waals surface area (Å²) in [7, 11) is 0. The Morgan fingerprint density at radius 2 is 1.84 bits per heavy atom. The molecule has 0 atom stereocenters. The van der Waals surface area contributed by atoms with Gasteiger partial charge in [-0.1, -0.05) is 6.42 Å². The summed E-state index contributed by atoms with van der Waals surface area (Å²) in [5.41, 5.74) is -0.194. The van der Waals surface area contributed by atoms with Gasteiger partial charge in [0.15, 0.2) is 5.78 Å². The number of carboxylic acid groups (broad SMARTS) is 1. The molecule has 98 valence electrons. The van der Waals surface area contributed by atoms with E-state index in [1.807, 2.05) is 0 Å². The Labute approximate surface area is 107 Å². The molecule has 1 fully saturated rings. The minimum absolute atomic E-state index is 0.324. The van der Waals surface area contributed by atoms with Gasteiger partial charge in [-0.2, -0.15) is 0 Å². The van der Waals surface area contributed by atoms with Gasteiger partial charge in [0.05, 0.1) is 11.0 Å². The number of aromatic amines is 2. The third-order valence-electron chi connectivity index (χ3n) is 3.83.